The van der Waals surface area contributed by atoms with Crippen LogP contribution in [-0.2, 0) is 65.4 Å². The van der Waals surface area contributed by atoms with E-state index in [1.807, 2.05) is 0 Å². The first kappa shape index (κ1) is 90.1. The van der Waals surface area contributed by atoms with E-state index in [1.54, 1.807) is 0 Å². The number of phosphoric ester groups is 2. The van der Waals surface area contributed by atoms with Gasteiger partial charge in [0.25, 0.3) is 0 Å². The molecular formula is C73H142O17P2. The lowest BCUT2D eigenvalue weighted by Crippen LogP contribution is -2.30. The van der Waals surface area contributed by atoms with E-state index in [4.69, 9.17) is 37.0 Å². The largest absolute Gasteiger partial charge is 0.472 e. The van der Waals surface area contributed by atoms with Crippen molar-refractivity contribution in [3.05, 3.63) is 0 Å². The van der Waals surface area contributed by atoms with Gasteiger partial charge in [-0.1, -0.05) is 324 Å². The highest BCUT2D eigenvalue weighted by Gasteiger charge is 2.30. The van der Waals surface area contributed by atoms with Crippen LogP contribution in [0.1, 0.15) is 375 Å². The molecule has 0 rings (SSSR count). The molecule has 0 bridgehead atoms. The summed E-state index contributed by atoms with van der Waals surface area (Å²) in [4.78, 5) is 72.6. The fourth-order valence-corrected chi connectivity index (χ4v) is 12.7. The molecule has 0 aliphatic carbocycles. The predicted octanol–water partition coefficient (Wildman–Crippen LogP) is 21.2. The molecule has 0 aromatic heterocycles. The topological polar surface area (TPSA) is 237 Å². The van der Waals surface area contributed by atoms with Crippen molar-refractivity contribution in [2.75, 3.05) is 39.6 Å². The van der Waals surface area contributed by atoms with Gasteiger partial charge in [0, 0.05) is 25.7 Å². The number of aliphatic hydroxyl groups is 1. The van der Waals surface area contributed by atoms with Gasteiger partial charge in [0.1, 0.15) is 19.3 Å². The molecule has 0 aromatic rings. The van der Waals surface area contributed by atoms with Crippen LogP contribution in [0.2, 0.25) is 0 Å². The number of rotatable bonds is 72. The van der Waals surface area contributed by atoms with Gasteiger partial charge in [-0.3, -0.25) is 37.3 Å². The Hall–Kier alpha value is -1.94. The monoisotopic (exact) mass is 1350 g/mol. The number of phosphoric acid groups is 2. The average molecular weight is 1350 g/mol. The van der Waals surface area contributed by atoms with E-state index in [0.717, 1.165) is 102 Å². The lowest BCUT2D eigenvalue weighted by molar-refractivity contribution is -0.161. The van der Waals surface area contributed by atoms with E-state index in [-0.39, 0.29) is 25.7 Å². The Morgan fingerprint density at radius 1 is 0.315 bits per heavy atom. The van der Waals surface area contributed by atoms with Gasteiger partial charge in [-0.2, -0.15) is 0 Å². The summed E-state index contributed by atoms with van der Waals surface area (Å²) in [6, 6.07) is 0. The van der Waals surface area contributed by atoms with Gasteiger partial charge in [0.15, 0.2) is 12.2 Å². The molecule has 0 fully saturated rings. The second-order valence-corrected chi connectivity index (χ2v) is 30.0. The van der Waals surface area contributed by atoms with Crippen LogP contribution in [0.4, 0.5) is 0 Å². The van der Waals surface area contributed by atoms with E-state index < -0.39 is 97.5 Å². The zero-order chi connectivity index (χ0) is 67.9. The number of hydrogen-bond acceptors (Lipinski definition) is 15. The van der Waals surface area contributed by atoms with E-state index in [1.165, 1.54) is 193 Å². The number of unbranched alkanes of at least 4 members (excludes halogenated alkanes) is 41. The summed E-state index contributed by atoms with van der Waals surface area (Å²) in [6.07, 6.45) is 51.3. The zero-order valence-corrected chi connectivity index (χ0v) is 61.6. The van der Waals surface area contributed by atoms with Gasteiger partial charge >= 0.3 is 39.5 Å². The van der Waals surface area contributed by atoms with Gasteiger partial charge in [-0.25, -0.2) is 9.13 Å². The van der Waals surface area contributed by atoms with Gasteiger partial charge in [-0.15, -0.1) is 0 Å². The molecule has 0 aliphatic heterocycles. The summed E-state index contributed by atoms with van der Waals surface area (Å²) in [7, 11) is -9.90. The van der Waals surface area contributed by atoms with Crippen LogP contribution < -0.4 is 0 Å². The van der Waals surface area contributed by atoms with Crippen LogP contribution in [-0.4, -0.2) is 96.7 Å². The van der Waals surface area contributed by atoms with Crippen LogP contribution in [0.15, 0.2) is 0 Å². The lowest BCUT2D eigenvalue weighted by Gasteiger charge is -2.21. The molecule has 0 radical (unpaired) electrons. The first-order valence-corrected chi connectivity index (χ1v) is 41.0. The Balaban J connectivity index is 5.23. The van der Waals surface area contributed by atoms with Gasteiger partial charge in [0.2, 0.25) is 0 Å². The third-order valence-corrected chi connectivity index (χ3v) is 19.2. The van der Waals surface area contributed by atoms with Crippen LogP contribution in [0, 0.1) is 11.8 Å². The maximum absolute atomic E-state index is 13.1. The van der Waals surface area contributed by atoms with Crippen molar-refractivity contribution in [2.45, 2.75) is 394 Å². The van der Waals surface area contributed by atoms with Crippen molar-refractivity contribution in [3.63, 3.8) is 0 Å². The van der Waals surface area contributed by atoms with Crippen molar-refractivity contribution in [2.24, 2.45) is 11.8 Å². The fourth-order valence-electron chi connectivity index (χ4n) is 11.1. The molecule has 0 saturated heterocycles. The smallest absolute Gasteiger partial charge is 0.462 e. The van der Waals surface area contributed by atoms with Crippen molar-refractivity contribution in [1.82, 2.24) is 0 Å². The molecule has 19 heteroatoms. The Morgan fingerprint density at radius 3 is 0.826 bits per heavy atom. The van der Waals surface area contributed by atoms with E-state index in [0.29, 0.717) is 25.7 Å². The molecule has 0 amide bonds. The van der Waals surface area contributed by atoms with Crippen LogP contribution >= 0.6 is 15.6 Å². The lowest BCUT2D eigenvalue weighted by atomic mass is 9.99. The molecule has 0 aliphatic rings. The SMILES string of the molecule is CCCCCCCCCCCCCCCCCCCCC(=O)O[C@H](COC(=O)CCCCCCCCCCCC(C)C)COP(=O)(O)OC[C@@H](O)COP(=O)(O)OC[C@@H](COC(=O)CCCCCCCCCCCC)OC(=O)CCCCCCCCCCC(C)CC. The molecule has 0 saturated carbocycles. The van der Waals surface area contributed by atoms with Crippen LogP contribution in [0.5, 0.6) is 0 Å². The van der Waals surface area contributed by atoms with Gasteiger partial charge in [-0.05, 0) is 37.5 Å². The Labute approximate surface area is 562 Å². The number of hydrogen-bond donors (Lipinski definition) is 3. The predicted molar refractivity (Wildman–Crippen MR) is 372 cm³/mol. The van der Waals surface area contributed by atoms with E-state index in [2.05, 4.69) is 41.5 Å². The summed E-state index contributed by atoms with van der Waals surface area (Å²) in [5, 5.41) is 10.6. The highest BCUT2D eigenvalue weighted by atomic mass is 31.2. The molecule has 6 atom stereocenters. The number of ether oxygens (including phenoxy) is 4. The molecular weight excluding hydrogens is 1210 g/mol. The molecule has 17 nitrogen and oxygen atoms in total. The third-order valence-electron chi connectivity index (χ3n) is 17.3. The Morgan fingerprint density at radius 2 is 0.554 bits per heavy atom. The highest BCUT2D eigenvalue weighted by Crippen LogP contribution is 2.45. The minimum absolute atomic E-state index is 0.105. The highest BCUT2D eigenvalue weighted by molar-refractivity contribution is 7.47. The summed E-state index contributed by atoms with van der Waals surface area (Å²) >= 11 is 0. The Bertz CT molecular complexity index is 1790. The number of carbonyl (C=O) groups excluding carboxylic acids is 4. The molecule has 92 heavy (non-hydrogen) atoms. The quantitative estimate of drug-likeness (QED) is 0.0222. The van der Waals surface area contributed by atoms with Crippen molar-refractivity contribution < 1.29 is 80.2 Å². The second kappa shape index (κ2) is 65.0. The van der Waals surface area contributed by atoms with Crippen molar-refractivity contribution in [3.8, 4) is 0 Å². The van der Waals surface area contributed by atoms with Gasteiger partial charge < -0.3 is 33.8 Å². The Kier molecular flexibility index (Phi) is 63.7. The first-order chi connectivity index (χ1) is 44.4. The van der Waals surface area contributed by atoms with Crippen LogP contribution in [0.3, 0.4) is 0 Å². The molecule has 0 aromatic carbocycles. The summed E-state index contributed by atoms with van der Waals surface area (Å²) < 4.78 is 68.4. The van der Waals surface area contributed by atoms with Crippen LogP contribution in [0.25, 0.3) is 0 Å². The van der Waals surface area contributed by atoms with Gasteiger partial charge in [0.05, 0.1) is 26.4 Å². The normalized spacial score (nSPS) is 14.4. The minimum Gasteiger partial charge on any atom is -0.462 e. The number of carbonyl (C=O) groups is 4. The molecule has 546 valence electrons. The molecule has 0 spiro atoms. The summed E-state index contributed by atoms with van der Waals surface area (Å²) in [5.41, 5.74) is 0. The maximum Gasteiger partial charge on any atom is 0.472 e. The zero-order valence-electron chi connectivity index (χ0n) is 59.9. The first-order valence-electron chi connectivity index (χ1n) is 38.0. The van der Waals surface area contributed by atoms with E-state index >= 15 is 0 Å². The minimum atomic E-state index is -4.95. The average Bonchev–Trinajstić information content (AvgIpc) is 2.50. The molecule has 0 heterocycles. The van der Waals surface area contributed by atoms with E-state index in [9.17, 15) is 43.2 Å². The maximum atomic E-state index is 13.1. The van der Waals surface area contributed by atoms with Crippen molar-refractivity contribution in [1.29, 1.82) is 0 Å². The number of aliphatic hydroxyl groups excluding tert-OH is 1. The number of esters is 4. The third kappa shape index (κ3) is 65.4. The molecule has 3 N–H and O–H groups in total. The molecule has 3 unspecified atom stereocenters. The standard InChI is InChI=1S/C73H142O17P2/c1-7-10-12-14-16-18-20-21-22-23-24-25-26-27-31-39-45-51-57-72(77)89-68(61-84-71(76)56-50-44-38-32-28-29-35-41-47-53-65(4)5)63-87-91(79,80)85-59-67(74)60-86-92(81,82)88-64-69(62-83-70(75)55-49-43-37-30-19-17-15-13-11-8-2)90-73(78)58-52-46-40-34-33-36-42-48-54-66(6)9-3/h65-69,74H,7-64H2,1-6H3,(H,79,80)(H,81,82)/t66?,67-,68-,69-/m1/s1. The fraction of sp³-hybridized carbons (Fsp3) is 0.945. The second-order valence-electron chi connectivity index (χ2n) is 27.1. The summed E-state index contributed by atoms with van der Waals surface area (Å²) in [6.45, 7) is 9.54. The van der Waals surface area contributed by atoms with Crippen molar-refractivity contribution >= 4 is 39.5 Å². The summed E-state index contributed by atoms with van der Waals surface area (Å²) in [5.74, 6) is -0.608.